The minimum Gasteiger partial charge on any atom is -0.508 e. The summed E-state index contributed by atoms with van der Waals surface area (Å²) in [5.41, 5.74) is 1.34. The van der Waals surface area contributed by atoms with Gasteiger partial charge in [0.2, 0.25) is 5.91 Å². The Kier molecular flexibility index (Phi) is 10.8. The molecule has 2 aromatic carbocycles. The number of phenolic OH excluding ortho intramolecular Hbond substituents is 1. The molecule has 0 radical (unpaired) electrons. The van der Waals surface area contributed by atoms with Crippen LogP contribution in [0.5, 0.6) is 11.5 Å². The third kappa shape index (κ3) is 8.95. The van der Waals surface area contributed by atoms with Crippen LogP contribution in [0.4, 0.5) is 0 Å². The van der Waals surface area contributed by atoms with E-state index in [1.54, 1.807) is 36.4 Å². The highest BCUT2D eigenvalue weighted by molar-refractivity contribution is 5.96. The summed E-state index contributed by atoms with van der Waals surface area (Å²) in [7, 11) is 0. The van der Waals surface area contributed by atoms with E-state index in [2.05, 4.69) is 10.2 Å². The van der Waals surface area contributed by atoms with Crippen molar-refractivity contribution in [1.82, 2.24) is 10.2 Å². The van der Waals surface area contributed by atoms with Gasteiger partial charge in [-0.3, -0.25) is 9.59 Å². The summed E-state index contributed by atoms with van der Waals surface area (Å²) in [5.74, 6) is 0.898. The van der Waals surface area contributed by atoms with Crippen molar-refractivity contribution >= 4 is 11.7 Å². The van der Waals surface area contributed by atoms with Gasteiger partial charge in [-0.15, -0.1) is 0 Å². The number of carbonyl (C=O) groups is 2. The highest BCUT2D eigenvalue weighted by atomic mass is 16.5. The molecule has 0 unspecified atom stereocenters. The van der Waals surface area contributed by atoms with Gasteiger partial charge >= 0.3 is 0 Å². The lowest BCUT2D eigenvalue weighted by Crippen LogP contribution is -2.46. The van der Waals surface area contributed by atoms with Crippen LogP contribution in [0.15, 0.2) is 48.5 Å². The summed E-state index contributed by atoms with van der Waals surface area (Å²) >= 11 is 0. The number of aliphatic hydroxyl groups is 1. The van der Waals surface area contributed by atoms with Crippen LogP contribution in [0.1, 0.15) is 80.8 Å². The van der Waals surface area contributed by atoms with E-state index in [1.807, 2.05) is 26.0 Å². The zero-order chi connectivity index (χ0) is 25.9. The number of benzene rings is 2. The first-order chi connectivity index (χ1) is 17.3. The van der Waals surface area contributed by atoms with Gasteiger partial charge in [-0.05, 0) is 94.6 Å². The molecule has 0 aromatic heterocycles. The Balaban J connectivity index is 1.42. The summed E-state index contributed by atoms with van der Waals surface area (Å²) in [6, 6.07) is 13.3. The fourth-order valence-corrected chi connectivity index (χ4v) is 4.53. The van der Waals surface area contributed by atoms with Crippen molar-refractivity contribution in [3.8, 4) is 11.5 Å². The monoisotopic (exact) mass is 496 g/mol. The average molecular weight is 497 g/mol. The molecular formula is C29H40N2O5. The Morgan fingerprint density at radius 1 is 0.944 bits per heavy atom. The van der Waals surface area contributed by atoms with Crippen LogP contribution < -0.4 is 10.1 Å². The molecule has 1 amide bonds. The van der Waals surface area contributed by atoms with Crippen molar-refractivity contribution in [2.75, 3.05) is 19.6 Å². The number of hydrogen-bond acceptors (Lipinski definition) is 6. The fraction of sp³-hybridized carbons (Fsp3) is 0.517. The van der Waals surface area contributed by atoms with Gasteiger partial charge in [-0.25, -0.2) is 0 Å². The van der Waals surface area contributed by atoms with Crippen molar-refractivity contribution in [2.24, 2.45) is 0 Å². The minimum absolute atomic E-state index is 0.0929. The number of unbranched alkanes of at least 4 members (excludes halogenated alkanes) is 2. The van der Waals surface area contributed by atoms with Gasteiger partial charge in [-0.2, -0.15) is 0 Å². The van der Waals surface area contributed by atoms with Crippen LogP contribution in [0.25, 0.3) is 0 Å². The highest BCUT2D eigenvalue weighted by Crippen LogP contribution is 2.22. The van der Waals surface area contributed by atoms with Gasteiger partial charge in [0, 0.05) is 24.9 Å². The second-order valence-electron chi connectivity index (χ2n) is 9.89. The summed E-state index contributed by atoms with van der Waals surface area (Å²) in [6.45, 7) is 6.45. The largest absolute Gasteiger partial charge is 0.508 e. The molecule has 196 valence electrons. The zero-order valence-corrected chi connectivity index (χ0v) is 21.5. The molecule has 3 rings (SSSR count). The van der Waals surface area contributed by atoms with E-state index < -0.39 is 12.1 Å². The average Bonchev–Trinajstić information content (AvgIpc) is 3.36. The molecule has 7 nitrogen and oxygen atoms in total. The van der Waals surface area contributed by atoms with Crippen molar-refractivity contribution in [1.29, 1.82) is 0 Å². The van der Waals surface area contributed by atoms with Gasteiger partial charge in [0.05, 0.1) is 12.1 Å². The smallest absolute Gasteiger partial charge is 0.220 e. The van der Waals surface area contributed by atoms with Gasteiger partial charge in [0.1, 0.15) is 17.6 Å². The summed E-state index contributed by atoms with van der Waals surface area (Å²) < 4.78 is 5.62. The number of carbonyl (C=O) groups excluding carboxylic acids is 2. The van der Waals surface area contributed by atoms with E-state index in [1.165, 1.54) is 0 Å². The number of ether oxygens (including phenoxy) is 1. The van der Waals surface area contributed by atoms with E-state index in [0.29, 0.717) is 36.9 Å². The van der Waals surface area contributed by atoms with Crippen LogP contribution in [0.2, 0.25) is 0 Å². The summed E-state index contributed by atoms with van der Waals surface area (Å²) in [5, 5.41) is 23.5. The summed E-state index contributed by atoms with van der Waals surface area (Å²) in [4.78, 5) is 27.4. The number of phenols is 1. The van der Waals surface area contributed by atoms with Gasteiger partial charge < -0.3 is 25.2 Å². The zero-order valence-electron chi connectivity index (χ0n) is 21.5. The molecule has 1 heterocycles. The molecule has 2 atom stereocenters. The van der Waals surface area contributed by atoms with E-state index in [4.69, 9.17) is 4.74 Å². The van der Waals surface area contributed by atoms with Gasteiger partial charge in [-0.1, -0.05) is 18.6 Å². The lowest BCUT2D eigenvalue weighted by atomic mass is 10.0. The second kappa shape index (κ2) is 14.0. The van der Waals surface area contributed by atoms with Crippen molar-refractivity contribution in [3.05, 3.63) is 59.7 Å². The topological polar surface area (TPSA) is 99.1 Å². The van der Waals surface area contributed by atoms with Crippen LogP contribution >= 0.6 is 0 Å². The maximum atomic E-state index is 12.7. The molecule has 0 bridgehead atoms. The van der Waals surface area contributed by atoms with Crippen molar-refractivity contribution in [3.63, 3.8) is 0 Å². The van der Waals surface area contributed by atoms with Gasteiger partial charge in [0.25, 0.3) is 0 Å². The van der Waals surface area contributed by atoms with Crippen LogP contribution in [0.3, 0.4) is 0 Å². The number of amides is 1. The second-order valence-corrected chi connectivity index (χ2v) is 9.89. The Morgan fingerprint density at radius 2 is 1.58 bits per heavy atom. The van der Waals surface area contributed by atoms with E-state index in [9.17, 15) is 19.8 Å². The first-order valence-electron chi connectivity index (χ1n) is 13.1. The maximum absolute atomic E-state index is 12.7. The standard InChI is InChI=1S/C29H40N2O5/c1-21(2)36-25-16-12-22(13-17-25)27(33)8-4-3-5-9-28(34)30-26(20-31-18-6-7-19-31)29(35)23-10-14-24(32)15-11-23/h10-17,21,26,29,32,35H,3-9,18-20H2,1-2H3,(H,30,34)/t26-,29-/m1/s1. The first kappa shape index (κ1) is 27.7. The van der Waals surface area contributed by atoms with Crippen LogP contribution in [0, 0.1) is 0 Å². The minimum atomic E-state index is -0.856. The maximum Gasteiger partial charge on any atom is 0.220 e. The number of nitrogens with zero attached hydrogens (tertiary/aromatic N) is 1. The van der Waals surface area contributed by atoms with Crippen molar-refractivity contribution < 1.29 is 24.5 Å². The molecule has 0 spiro atoms. The molecule has 1 aliphatic rings. The van der Waals surface area contributed by atoms with E-state index in [0.717, 1.165) is 44.5 Å². The number of hydrogen-bond donors (Lipinski definition) is 3. The molecule has 3 N–H and O–H groups in total. The number of rotatable bonds is 14. The summed E-state index contributed by atoms with van der Waals surface area (Å²) in [6.07, 6.45) is 4.49. The molecule has 2 aromatic rings. The molecule has 36 heavy (non-hydrogen) atoms. The predicted octanol–water partition coefficient (Wildman–Crippen LogP) is 4.63. The molecule has 1 fully saturated rings. The number of Topliss-reactive ketones (excluding diaryl/α,β-unsaturated/α-hetero) is 1. The quantitative estimate of drug-likeness (QED) is 0.261. The molecule has 0 aliphatic carbocycles. The lowest BCUT2D eigenvalue weighted by molar-refractivity contribution is -0.123. The number of aromatic hydroxyl groups is 1. The Hall–Kier alpha value is -2.90. The number of nitrogens with one attached hydrogen (secondary N) is 1. The molecule has 1 aliphatic heterocycles. The lowest BCUT2D eigenvalue weighted by Gasteiger charge is -2.28. The molecule has 1 saturated heterocycles. The van der Waals surface area contributed by atoms with E-state index >= 15 is 0 Å². The molecule has 7 heteroatoms. The Bertz CT molecular complexity index is 953. The molecular weight excluding hydrogens is 456 g/mol. The third-order valence-corrected chi connectivity index (χ3v) is 6.47. The number of aliphatic hydroxyl groups excluding tert-OH is 1. The molecule has 0 saturated carbocycles. The SMILES string of the molecule is CC(C)Oc1ccc(C(=O)CCCCCC(=O)N[C@H](CN2CCCC2)[C@H](O)c2ccc(O)cc2)cc1. The van der Waals surface area contributed by atoms with Crippen LogP contribution in [-0.2, 0) is 4.79 Å². The van der Waals surface area contributed by atoms with Crippen LogP contribution in [-0.4, -0.2) is 58.6 Å². The fourth-order valence-electron chi connectivity index (χ4n) is 4.53. The van der Waals surface area contributed by atoms with E-state index in [-0.39, 0.29) is 23.5 Å². The third-order valence-electron chi connectivity index (χ3n) is 6.47. The first-order valence-corrected chi connectivity index (χ1v) is 13.1. The Morgan fingerprint density at radius 3 is 2.22 bits per heavy atom. The van der Waals surface area contributed by atoms with Crippen molar-refractivity contribution in [2.45, 2.75) is 77.0 Å². The van der Waals surface area contributed by atoms with Gasteiger partial charge in [0.15, 0.2) is 5.78 Å². The normalized spacial score (nSPS) is 15.6. The number of ketones is 1. The predicted molar refractivity (Wildman–Crippen MR) is 140 cm³/mol. The number of likely N-dealkylation sites (tertiary alicyclic amines) is 1. The Labute approximate surface area is 214 Å². The highest BCUT2D eigenvalue weighted by Gasteiger charge is 2.26.